The van der Waals surface area contributed by atoms with Crippen molar-refractivity contribution < 1.29 is 19.1 Å². The molecule has 7 heteroatoms. The highest BCUT2D eigenvalue weighted by atomic mass is 19.1. The predicted octanol–water partition coefficient (Wildman–Crippen LogP) is 4.15. The molecule has 1 aromatic heterocycles. The van der Waals surface area contributed by atoms with E-state index >= 15 is 0 Å². The fourth-order valence-corrected chi connectivity index (χ4v) is 4.11. The first-order valence-corrected chi connectivity index (χ1v) is 10.4. The summed E-state index contributed by atoms with van der Waals surface area (Å²) in [5, 5.41) is 11.2. The number of aryl methyl sites for hydroxylation is 3. The Morgan fingerprint density at radius 2 is 1.91 bits per heavy atom. The molecule has 1 unspecified atom stereocenters. The Hall–Kier alpha value is -3.74. The third kappa shape index (κ3) is 3.93. The molecule has 0 aliphatic carbocycles. The number of aliphatic hydroxyl groups is 1. The number of halogens is 1. The lowest BCUT2D eigenvalue weighted by molar-refractivity contribution is -0.140. The van der Waals surface area contributed by atoms with E-state index < -0.39 is 23.5 Å². The highest BCUT2D eigenvalue weighted by molar-refractivity contribution is 6.46. The lowest BCUT2D eigenvalue weighted by Gasteiger charge is -2.26. The number of nitrogens with zero attached hydrogens (tertiary/aromatic N) is 3. The number of Topliss-reactive ketones (excluding diaryl/α,β-unsaturated/α-hetero) is 1. The Balaban J connectivity index is 1.79. The number of aliphatic hydroxyl groups excluding tert-OH is 1. The lowest BCUT2D eigenvalue weighted by Crippen LogP contribution is -2.31. The number of benzene rings is 2. The maximum atomic E-state index is 14.8. The van der Waals surface area contributed by atoms with E-state index in [1.165, 1.54) is 11.0 Å². The van der Waals surface area contributed by atoms with Crippen LogP contribution in [0.1, 0.15) is 34.7 Å². The normalized spacial score (nSPS) is 17.8. The largest absolute Gasteiger partial charge is 0.507 e. The lowest BCUT2D eigenvalue weighted by atomic mass is 9.93. The van der Waals surface area contributed by atoms with E-state index in [2.05, 4.69) is 4.98 Å². The van der Waals surface area contributed by atoms with Crippen molar-refractivity contribution in [2.75, 3.05) is 6.54 Å². The average molecular weight is 433 g/mol. The third-order valence-corrected chi connectivity index (χ3v) is 5.76. The topological polar surface area (TPSA) is 75.4 Å². The molecule has 1 aliphatic heterocycles. The standard InChI is InChI=1S/C25H24FN3O3/c1-16-8-9-17(2)19(14-16)23(30)21-22(18-6-3-4-7-20(18)26)29(25(32)24(21)31)12-5-11-28-13-10-27-15-28/h3-4,6-10,13-15,22,30H,5,11-12H2,1-2H3/b23-21+. The van der Waals surface area contributed by atoms with Gasteiger partial charge >= 0.3 is 0 Å². The molecule has 32 heavy (non-hydrogen) atoms. The van der Waals surface area contributed by atoms with Crippen molar-refractivity contribution in [1.29, 1.82) is 0 Å². The van der Waals surface area contributed by atoms with Gasteiger partial charge in [0.25, 0.3) is 11.7 Å². The molecule has 164 valence electrons. The van der Waals surface area contributed by atoms with Gasteiger partial charge in [0.05, 0.1) is 17.9 Å². The van der Waals surface area contributed by atoms with Crippen molar-refractivity contribution in [3.63, 3.8) is 0 Å². The molecule has 2 aromatic carbocycles. The zero-order valence-electron chi connectivity index (χ0n) is 18.0. The van der Waals surface area contributed by atoms with Gasteiger partial charge in [-0.2, -0.15) is 0 Å². The van der Waals surface area contributed by atoms with Gasteiger partial charge in [-0.25, -0.2) is 9.37 Å². The van der Waals surface area contributed by atoms with Crippen LogP contribution in [0.4, 0.5) is 4.39 Å². The summed E-state index contributed by atoms with van der Waals surface area (Å²) in [5.74, 6) is -2.36. The summed E-state index contributed by atoms with van der Waals surface area (Å²) in [6, 6.07) is 10.5. The first kappa shape index (κ1) is 21.5. The molecule has 6 nitrogen and oxygen atoms in total. The molecule has 0 spiro atoms. The van der Waals surface area contributed by atoms with E-state index in [0.717, 1.165) is 11.1 Å². The summed E-state index contributed by atoms with van der Waals surface area (Å²) in [7, 11) is 0. The van der Waals surface area contributed by atoms with Gasteiger partial charge in [0.1, 0.15) is 11.6 Å². The molecule has 4 rings (SSSR count). The molecule has 0 bridgehead atoms. The first-order valence-electron chi connectivity index (χ1n) is 10.4. The van der Waals surface area contributed by atoms with E-state index in [0.29, 0.717) is 18.5 Å². The van der Waals surface area contributed by atoms with Crippen LogP contribution in [0, 0.1) is 19.7 Å². The van der Waals surface area contributed by atoms with Crippen molar-refractivity contribution in [3.05, 3.63) is 94.8 Å². The molecule has 1 amide bonds. The van der Waals surface area contributed by atoms with Gasteiger partial charge < -0.3 is 14.6 Å². The number of ketones is 1. The third-order valence-electron chi connectivity index (χ3n) is 5.76. The Labute approximate surface area is 185 Å². The fraction of sp³-hybridized carbons (Fsp3) is 0.240. The molecule has 1 saturated heterocycles. The van der Waals surface area contributed by atoms with Crippen molar-refractivity contribution in [2.24, 2.45) is 0 Å². The van der Waals surface area contributed by atoms with Crippen molar-refractivity contribution in [1.82, 2.24) is 14.5 Å². The molecule has 0 saturated carbocycles. The van der Waals surface area contributed by atoms with Crippen LogP contribution in [0.15, 0.2) is 66.8 Å². The Bertz CT molecular complexity index is 1200. The van der Waals surface area contributed by atoms with E-state index in [-0.39, 0.29) is 23.4 Å². The second-order valence-electron chi connectivity index (χ2n) is 7.99. The van der Waals surface area contributed by atoms with Crippen LogP contribution in [0.25, 0.3) is 5.76 Å². The van der Waals surface area contributed by atoms with Crippen LogP contribution < -0.4 is 0 Å². The van der Waals surface area contributed by atoms with Crippen LogP contribution in [-0.2, 0) is 16.1 Å². The SMILES string of the molecule is Cc1ccc(C)c(/C(O)=C2\C(=O)C(=O)N(CCCn3ccnc3)C2c2ccccc2F)c1. The number of hydrogen-bond acceptors (Lipinski definition) is 4. The second kappa shape index (κ2) is 8.78. The monoisotopic (exact) mass is 433 g/mol. The second-order valence-corrected chi connectivity index (χ2v) is 7.99. The maximum absolute atomic E-state index is 14.8. The summed E-state index contributed by atoms with van der Waals surface area (Å²) < 4.78 is 16.7. The zero-order chi connectivity index (χ0) is 22.8. The Morgan fingerprint density at radius 3 is 2.62 bits per heavy atom. The number of amides is 1. The maximum Gasteiger partial charge on any atom is 0.295 e. The van der Waals surface area contributed by atoms with E-state index in [1.807, 2.05) is 36.7 Å². The minimum Gasteiger partial charge on any atom is -0.507 e. The van der Waals surface area contributed by atoms with E-state index in [1.54, 1.807) is 36.8 Å². The quantitative estimate of drug-likeness (QED) is 0.360. The van der Waals surface area contributed by atoms with Gasteiger partial charge in [0.15, 0.2) is 0 Å². The average Bonchev–Trinajstić information content (AvgIpc) is 3.38. The zero-order valence-corrected chi connectivity index (χ0v) is 18.0. The van der Waals surface area contributed by atoms with Crippen LogP contribution in [0.5, 0.6) is 0 Å². The van der Waals surface area contributed by atoms with Crippen LogP contribution in [-0.4, -0.2) is 37.8 Å². The molecule has 1 N–H and O–H groups in total. The van der Waals surface area contributed by atoms with Gasteiger partial charge in [-0.15, -0.1) is 0 Å². The molecular weight excluding hydrogens is 409 g/mol. The van der Waals surface area contributed by atoms with Gasteiger partial charge in [-0.3, -0.25) is 9.59 Å². The summed E-state index contributed by atoms with van der Waals surface area (Å²) in [6.07, 6.45) is 5.68. The van der Waals surface area contributed by atoms with Gasteiger partial charge in [0.2, 0.25) is 0 Å². The van der Waals surface area contributed by atoms with Crippen LogP contribution in [0.2, 0.25) is 0 Å². The fourth-order valence-electron chi connectivity index (χ4n) is 4.11. The van der Waals surface area contributed by atoms with Gasteiger partial charge in [0, 0.05) is 36.6 Å². The number of imidazole rings is 1. The van der Waals surface area contributed by atoms with Crippen molar-refractivity contribution in [3.8, 4) is 0 Å². The number of carbonyl (C=O) groups is 2. The highest BCUT2D eigenvalue weighted by Crippen LogP contribution is 2.40. The van der Waals surface area contributed by atoms with Gasteiger partial charge in [-0.1, -0.05) is 35.9 Å². The molecule has 2 heterocycles. The summed E-state index contributed by atoms with van der Waals surface area (Å²) in [5.41, 5.74) is 2.21. The van der Waals surface area contributed by atoms with E-state index in [4.69, 9.17) is 0 Å². The Morgan fingerprint density at radius 1 is 1.12 bits per heavy atom. The minimum absolute atomic E-state index is 0.0866. The number of carbonyl (C=O) groups excluding carboxylic acids is 2. The number of aromatic nitrogens is 2. The number of rotatable bonds is 6. The molecular formula is C25H24FN3O3. The molecule has 3 aromatic rings. The summed E-state index contributed by atoms with van der Waals surface area (Å²) in [6.45, 7) is 4.50. The number of hydrogen-bond donors (Lipinski definition) is 1. The van der Waals surface area contributed by atoms with Crippen LogP contribution in [0.3, 0.4) is 0 Å². The van der Waals surface area contributed by atoms with Crippen molar-refractivity contribution in [2.45, 2.75) is 32.9 Å². The molecule has 1 fully saturated rings. The summed E-state index contributed by atoms with van der Waals surface area (Å²) in [4.78, 5) is 31.4. The minimum atomic E-state index is -1.00. The predicted molar refractivity (Wildman–Crippen MR) is 118 cm³/mol. The number of likely N-dealkylation sites (tertiary alicyclic amines) is 1. The first-order chi connectivity index (χ1) is 15.4. The Kier molecular flexibility index (Phi) is 5.90. The van der Waals surface area contributed by atoms with Crippen LogP contribution >= 0.6 is 0 Å². The smallest absolute Gasteiger partial charge is 0.295 e. The van der Waals surface area contributed by atoms with E-state index in [9.17, 15) is 19.1 Å². The summed E-state index contributed by atoms with van der Waals surface area (Å²) >= 11 is 0. The molecule has 1 atom stereocenters. The molecule has 1 aliphatic rings. The highest BCUT2D eigenvalue weighted by Gasteiger charge is 2.46. The van der Waals surface area contributed by atoms with Gasteiger partial charge in [-0.05, 0) is 38.0 Å². The van der Waals surface area contributed by atoms with Crippen molar-refractivity contribution >= 4 is 17.4 Å². The molecule has 0 radical (unpaired) electrons.